The van der Waals surface area contributed by atoms with E-state index >= 15 is 0 Å². The fraction of sp³-hybridized carbons (Fsp3) is 0.600. The number of hydrogen-bond donors (Lipinski definition) is 1. The van der Waals surface area contributed by atoms with Gasteiger partial charge in [0.15, 0.2) is 0 Å². The van der Waals surface area contributed by atoms with E-state index in [-0.39, 0.29) is 0 Å². The molecule has 1 rings (SSSR count). The van der Waals surface area contributed by atoms with E-state index in [0.717, 1.165) is 32.6 Å². The van der Waals surface area contributed by atoms with E-state index in [2.05, 4.69) is 42.6 Å². The first kappa shape index (κ1) is 14.2. The molecule has 0 radical (unpaired) electrons. The van der Waals surface area contributed by atoms with Gasteiger partial charge in [-0.05, 0) is 38.3 Å². The highest BCUT2D eigenvalue weighted by molar-refractivity contribution is 5.14. The zero-order valence-corrected chi connectivity index (χ0v) is 11.1. The first-order chi connectivity index (χ1) is 8.36. The average molecular weight is 235 g/mol. The summed E-state index contributed by atoms with van der Waals surface area (Å²) in [6.07, 6.45) is 3.43. The Morgan fingerprint density at radius 2 is 1.88 bits per heavy atom. The molecule has 0 aromatic heterocycles. The monoisotopic (exact) mass is 235 g/mol. The number of ether oxygens (including phenoxy) is 1. The fourth-order valence-corrected chi connectivity index (χ4v) is 1.99. The van der Waals surface area contributed by atoms with Crippen molar-refractivity contribution in [3.63, 3.8) is 0 Å². The van der Waals surface area contributed by atoms with Crippen LogP contribution >= 0.6 is 0 Å². The maximum atomic E-state index is 5.42. The van der Waals surface area contributed by atoms with E-state index in [1.165, 1.54) is 12.0 Å². The molecular weight excluding hydrogens is 210 g/mol. The average Bonchev–Trinajstić information content (AvgIpc) is 2.37. The van der Waals surface area contributed by atoms with Gasteiger partial charge in [0.1, 0.15) is 0 Å². The van der Waals surface area contributed by atoms with Crippen LogP contribution < -0.4 is 5.32 Å². The van der Waals surface area contributed by atoms with Gasteiger partial charge in [-0.25, -0.2) is 0 Å². The van der Waals surface area contributed by atoms with Crippen LogP contribution in [0.4, 0.5) is 0 Å². The maximum absolute atomic E-state index is 5.42. The number of benzene rings is 1. The Hall–Kier alpha value is -0.860. The number of aryl methyl sites for hydroxylation is 1. The molecule has 0 saturated heterocycles. The summed E-state index contributed by atoms with van der Waals surface area (Å²) in [7, 11) is 0. The Morgan fingerprint density at radius 3 is 2.53 bits per heavy atom. The zero-order valence-electron chi connectivity index (χ0n) is 11.1. The van der Waals surface area contributed by atoms with E-state index in [1.807, 2.05) is 6.92 Å². The van der Waals surface area contributed by atoms with Gasteiger partial charge in [0.2, 0.25) is 0 Å². The molecule has 0 heterocycles. The van der Waals surface area contributed by atoms with Gasteiger partial charge in [0.05, 0.1) is 0 Å². The van der Waals surface area contributed by atoms with Crippen molar-refractivity contribution in [3.05, 3.63) is 35.9 Å². The van der Waals surface area contributed by atoms with Crippen molar-refractivity contribution in [1.82, 2.24) is 5.32 Å². The first-order valence-corrected chi connectivity index (χ1v) is 6.71. The Balaban J connectivity index is 2.28. The van der Waals surface area contributed by atoms with Crippen LogP contribution in [-0.4, -0.2) is 25.8 Å². The zero-order chi connectivity index (χ0) is 12.3. The second kappa shape index (κ2) is 9.20. The summed E-state index contributed by atoms with van der Waals surface area (Å²) in [6, 6.07) is 11.3. The summed E-state index contributed by atoms with van der Waals surface area (Å²) in [4.78, 5) is 0. The summed E-state index contributed by atoms with van der Waals surface area (Å²) in [5.74, 6) is 0. The van der Waals surface area contributed by atoms with E-state index < -0.39 is 0 Å². The molecule has 1 aromatic carbocycles. The topological polar surface area (TPSA) is 21.3 Å². The Labute approximate surface area is 105 Å². The summed E-state index contributed by atoms with van der Waals surface area (Å²) >= 11 is 0. The lowest BCUT2D eigenvalue weighted by molar-refractivity contribution is 0.135. The van der Waals surface area contributed by atoms with Crippen LogP contribution in [0.25, 0.3) is 0 Å². The van der Waals surface area contributed by atoms with E-state index in [1.54, 1.807) is 0 Å². The Morgan fingerprint density at radius 1 is 1.12 bits per heavy atom. The van der Waals surface area contributed by atoms with Gasteiger partial charge in [0.25, 0.3) is 0 Å². The molecule has 1 aromatic rings. The summed E-state index contributed by atoms with van der Waals surface area (Å²) < 4.78 is 5.42. The summed E-state index contributed by atoms with van der Waals surface area (Å²) in [5.41, 5.74) is 1.42. The van der Waals surface area contributed by atoms with E-state index in [4.69, 9.17) is 4.74 Å². The van der Waals surface area contributed by atoms with Crippen molar-refractivity contribution in [2.24, 2.45) is 0 Å². The summed E-state index contributed by atoms with van der Waals surface area (Å²) in [5, 5.41) is 3.53. The molecule has 0 aliphatic rings. The van der Waals surface area contributed by atoms with Crippen LogP contribution in [0.5, 0.6) is 0 Å². The number of hydrogen-bond acceptors (Lipinski definition) is 2. The third-order valence-corrected chi connectivity index (χ3v) is 2.93. The molecule has 0 bridgehead atoms. The maximum Gasteiger partial charge on any atom is 0.0480 e. The molecule has 2 nitrogen and oxygen atoms in total. The molecule has 17 heavy (non-hydrogen) atoms. The second-order valence-corrected chi connectivity index (χ2v) is 4.26. The quantitative estimate of drug-likeness (QED) is 0.664. The third kappa shape index (κ3) is 6.44. The van der Waals surface area contributed by atoms with Crippen LogP contribution in [0.1, 0.15) is 32.3 Å². The lowest BCUT2D eigenvalue weighted by Crippen LogP contribution is -2.30. The molecule has 2 heteroatoms. The van der Waals surface area contributed by atoms with E-state index in [0.29, 0.717) is 6.04 Å². The molecule has 0 saturated carbocycles. The van der Waals surface area contributed by atoms with Crippen molar-refractivity contribution in [3.8, 4) is 0 Å². The van der Waals surface area contributed by atoms with Gasteiger partial charge in [-0.15, -0.1) is 0 Å². The lowest BCUT2D eigenvalue weighted by Gasteiger charge is -2.17. The molecule has 0 fully saturated rings. The standard InChI is InChI=1S/C15H25NO/c1-3-16-15(12-13-17-4-2)11-10-14-8-6-5-7-9-14/h5-9,15-16H,3-4,10-13H2,1-2H3. The molecule has 0 aliphatic carbocycles. The highest BCUT2D eigenvalue weighted by atomic mass is 16.5. The predicted molar refractivity (Wildman–Crippen MR) is 73.3 cm³/mol. The van der Waals surface area contributed by atoms with Crippen LogP contribution in [0, 0.1) is 0 Å². The molecule has 1 N–H and O–H groups in total. The first-order valence-electron chi connectivity index (χ1n) is 6.71. The summed E-state index contributed by atoms with van der Waals surface area (Å²) in [6.45, 7) is 6.93. The minimum absolute atomic E-state index is 0.576. The third-order valence-electron chi connectivity index (χ3n) is 2.93. The number of rotatable bonds is 9. The Bertz CT molecular complexity index is 274. The van der Waals surface area contributed by atoms with Gasteiger partial charge in [-0.3, -0.25) is 0 Å². The second-order valence-electron chi connectivity index (χ2n) is 4.26. The smallest absolute Gasteiger partial charge is 0.0480 e. The molecule has 0 amide bonds. The van der Waals surface area contributed by atoms with Gasteiger partial charge in [-0.2, -0.15) is 0 Å². The van der Waals surface area contributed by atoms with Crippen molar-refractivity contribution < 1.29 is 4.74 Å². The normalized spacial score (nSPS) is 12.6. The highest BCUT2D eigenvalue weighted by Gasteiger charge is 2.07. The van der Waals surface area contributed by atoms with Crippen LogP contribution in [0.3, 0.4) is 0 Å². The largest absolute Gasteiger partial charge is 0.382 e. The molecule has 0 aliphatic heterocycles. The van der Waals surface area contributed by atoms with Crippen LogP contribution in [0.15, 0.2) is 30.3 Å². The minimum Gasteiger partial charge on any atom is -0.382 e. The van der Waals surface area contributed by atoms with Crippen molar-refractivity contribution >= 4 is 0 Å². The van der Waals surface area contributed by atoms with Gasteiger partial charge in [-0.1, -0.05) is 37.3 Å². The molecule has 1 atom stereocenters. The molecular formula is C15H25NO. The fourth-order valence-electron chi connectivity index (χ4n) is 1.99. The van der Waals surface area contributed by atoms with Gasteiger partial charge >= 0.3 is 0 Å². The molecule has 0 spiro atoms. The van der Waals surface area contributed by atoms with Gasteiger partial charge < -0.3 is 10.1 Å². The highest BCUT2D eigenvalue weighted by Crippen LogP contribution is 2.07. The predicted octanol–water partition coefficient (Wildman–Crippen LogP) is 3.02. The minimum atomic E-state index is 0.576. The van der Waals surface area contributed by atoms with E-state index in [9.17, 15) is 0 Å². The Kier molecular flexibility index (Phi) is 7.69. The van der Waals surface area contributed by atoms with Crippen molar-refractivity contribution in [2.45, 2.75) is 39.2 Å². The van der Waals surface area contributed by atoms with Crippen LogP contribution in [0.2, 0.25) is 0 Å². The van der Waals surface area contributed by atoms with Gasteiger partial charge in [0, 0.05) is 19.3 Å². The number of nitrogens with one attached hydrogen (secondary N) is 1. The molecule has 96 valence electrons. The lowest BCUT2D eigenvalue weighted by atomic mass is 10.0. The van der Waals surface area contributed by atoms with Crippen molar-refractivity contribution in [2.75, 3.05) is 19.8 Å². The van der Waals surface area contributed by atoms with Crippen molar-refractivity contribution in [1.29, 1.82) is 0 Å². The van der Waals surface area contributed by atoms with Crippen LogP contribution in [-0.2, 0) is 11.2 Å². The SMILES string of the molecule is CCNC(CCOCC)CCc1ccccc1. The molecule has 1 unspecified atom stereocenters.